The topological polar surface area (TPSA) is 98.5 Å². The largest absolute Gasteiger partial charge is 0.497 e. The fourth-order valence-corrected chi connectivity index (χ4v) is 3.50. The Labute approximate surface area is 146 Å². The molecule has 2 heterocycles. The molecule has 8 heteroatoms. The molecule has 1 N–H and O–H groups in total. The van der Waals surface area contributed by atoms with Crippen LogP contribution in [0.3, 0.4) is 0 Å². The number of benzene rings is 1. The number of hydrogen-bond acceptors (Lipinski definition) is 6. The predicted molar refractivity (Wildman–Crippen MR) is 92.9 cm³/mol. The molecule has 0 atom stereocenters. The number of carboxylic acids is 1. The van der Waals surface area contributed by atoms with Crippen molar-refractivity contribution in [3.05, 3.63) is 57.0 Å². The first-order valence-corrected chi connectivity index (χ1v) is 8.13. The molecule has 0 aliphatic rings. The van der Waals surface area contributed by atoms with E-state index < -0.39 is 11.5 Å². The van der Waals surface area contributed by atoms with Gasteiger partial charge in [0.15, 0.2) is 5.78 Å². The number of rotatable bonds is 5. The number of Topliss-reactive ketones (excluding diaryl/α,β-unsaturated/α-hetero) is 1. The maximum atomic E-state index is 12.6. The van der Waals surface area contributed by atoms with Crippen molar-refractivity contribution in [1.29, 1.82) is 0 Å². The maximum Gasteiger partial charge on any atom is 0.346 e. The standard InChI is InChI=1S/C17H14N2O5S/c1-9-13-15(25-14(9)17(22)23)18-8-19(16(13)21)7-12(20)10-4-3-5-11(6-10)24-2/h3-6,8H,7H2,1-2H3,(H,22,23). The van der Waals surface area contributed by atoms with Crippen LogP contribution in [0.25, 0.3) is 10.2 Å². The highest BCUT2D eigenvalue weighted by Crippen LogP contribution is 2.26. The van der Waals surface area contributed by atoms with E-state index in [0.29, 0.717) is 21.7 Å². The average Bonchev–Trinajstić information content (AvgIpc) is 2.95. The van der Waals surface area contributed by atoms with Gasteiger partial charge in [0.1, 0.15) is 15.5 Å². The SMILES string of the molecule is COc1cccc(C(=O)Cn2cnc3sc(C(=O)O)c(C)c3c2=O)c1. The molecule has 3 aromatic rings. The Kier molecular flexibility index (Phi) is 4.37. The summed E-state index contributed by atoms with van der Waals surface area (Å²) in [6.07, 6.45) is 1.27. The third-order valence-electron chi connectivity index (χ3n) is 3.82. The van der Waals surface area contributed by atoms with Gasteiger partial charge in [-0.05, 0) is 24.6 Å². The number of aromatic nitrogens is 2. The number of fused-ring (bicyclic) bond motifs is 1. The lowest BCUT2D eigenvalue weighted by Crippen LogP contribution is -2.24. The summed E-state index contributed by atoms with van der Waals surface area (Å²) in [6, 6.07) is 6.65. The highest BCUT2D eigenvalue weighted by atomic mass is 32.1. The number of ether oxygens (including phenoxy) is 1. The fraction of sp³-hybridized carbons (Fsp3) is 0.176. The van der Waals surface area contributed by atoms with Crippen LogP contribution in [0.2, 0.25) is 0 Å². The van der Waals surface area contributed by atoms with E-state index in [9.17, 15) is 19.5 Å². The third kappa shape index (κ3) is 3.03. The molecule has 2 aromatic heterocycles. The first-order chi connectivity index (χ1) is 11.9. The number of carbonyl (C=O) groups excluding carboxylic acids is 1. The molecule has 7 nitrogen and oxygen atoms in total. The van der Waals surface area contributed by atoms with Crippen molar-refractivity contribution >= 4 is 33.3 Å². The van der Waals surface area contributed by atoms with Gasteiger partial charge < -0.3 is 9.84 Å². The average molecular weight is 358 g/mol. The summed E-state index contributed by atoms with van der Waals surface area (Å²) in [5.41, 5.74) is 0.357. The molecule has 0 saturated carbocycles. The third-order valence-corrected chi connectivity index (χ3v) is 5.01. The van der Waals surface area contributed by atoms with Crippen molar-refractivity contribution in [2.75, 3.05) is 7.11 Å². The molecule has 0 saturated heterocycles. The Hall–Kier alpha value is -3.00. The summed E-state index contributed by atoms with van der Waals surface area (Å²) in [5, 5.41) is 9.42. The predicted octanol–water partition coefficient (Wildman–Crippen LogP) is 2.36. The molecule has 0 unspecified atom stereocenters. The van der Waals surface area contributed by atoms with Gasteiger partial charge in [-0.3, -0.25) is 14.2 Å². The van der Waals surface area contributed by atoms with Crippen LogP contribution >= 0.6 is 11.3 Å². The van der Waals surface area contributed by atoms with Crippen LogP contribution in [0.15, 0.2) is 35.4 Å². The molecular formula is C17H14N2O5S. The van der Waals surface area contributed by atoms with Crippen molar-refractivity contribution < 1.29 is 19.4 Å². The minimum atomic E-state index is -1.10. The number of methoxy groups -OCH3 is 1. The number of carbonyl (C=O) groups is 2. The van der Waals surface area contributed by atoms with Crippen molar-refractivity contribution in [2.45, 2.75) is 13.5 Å². The van der Waals surface area contributed by atoms with Crippen LogP contribution in [0.5, 0.6) is 5.75 Å². The van der Waals surface area contributed by atoms with E-state index in [4.69, 9.17) is 4.74 Å². The number of nitrogens with zero attached hydrogens (tertiary/aromatic N) is 2. The van der Waals surface area contributed by atoms with Crippen LogP contribution in [0.4, 0.5) is 0 Å². The molecule has 128 valence electrons. The van der Waals surface area contributed by atoms with Gasteiger partial charge in [-0.15, -0.1) is 11.3 Å². The molecule has 3 rings (SSSR count). The second kappa shape index (κ2) is 6.48. The monoisotopic (exact) mass is 358 g/mol. The summed E-state index contributed by atoms with van der Waals surface area (Å²) < 4.78 is 6.28. The molecule has 0 bridgehead atoms. The van der Waals surface area contributed by atoms with Crippen LogP contribution < -0.4 is 10.3 Å². The number of thiophene rings is 1. The van der Waals surface area contributed by atoms with E-state index in [2.05, 4.69) is 4.98 Å². The van der Waals surface area contributed by atoms with Gasteiger partial charge in [0.25, 0.3) is 5.56 Å². The minimum Gasteiger partial charge on any atom is -0.497 e. The van der Waals surface area contributed by atoms with E-state index in [1.165, 1.54) is 18.0 Å². The molecule has 0 spiro atoms. The number of carboxylic acid groups (broad SMARTS) is 1. The number of ketones is 1. The lowest BCUT2D eigenvalue weighted by Gasteiger charge is -2.06. The zero-order chi connectivity index (χ0) is 18.1. The Morgan fingerprint density at radius 2 is 2.12 bits per heavy atom. The number of hydrogen-bond donors (Lipinski definition) is 1. The molecule has 0 fully saturated rings. The second-order valence-electron chi connectivity index (χ2n) is 5.37. The van der Waals surface area contributed by atoms with E-state index >= 15 is 0 Å². The van der Waals surface area contributed by atoms with Crippen molar-refractivity contribution in [3.63, 3.8) is 0 Å². The lowest BCUT2D eigenvalue weighted by atomic mass is 10.1. The zero-order valence-corrected chi connectivity index (χ0v) is 14.3. The van der Waals surface area contributed by atoms with Crippen molar-refractivity contribution in [2.24, 2.45) is 0 Å². The summed E-state index contributed by atoms with van der Waals surface area (Å²) in [4.78, 5) is 40.8. The van der Waals surface area contributed by atoms with Crippen molar-refractivity contribution in [1.82, 2.24) is 9.55 Å². The minimum absolute atomic E-state index is 0.0801. The Balaban J connectivity index is 2.00. The molecule has 1 aromatic carbocycles. The maximum absolute atomic E-state index is 12.6. The number of aryl methyl sites for hydroxylation is 1. The summed E-state index contributed by atoms with van der Waals surface area (Å²) in [7, 11) is 1.51. The van der Waals surface area contributed by atoms with Gasteiger partial charge >= 0.3 is 5.97 Å². The van der Waals surface area contributed by atoms with Crippen molar-refractivity contribution in [3.8, 4) is 5.75 Å². The molecule has 0 aliphatic heterocycles. The van der Waals surface area contributed by atoms with E-state index in [1.54, 1.807) is 31.2 Å². The Bertz CT molecular complexity index is 1050. The van der Waals surface area contributed by atoms with Gasteiger partial charge in [-0.25, -0.2) is 9.78 Å². The first kappa shape index (κ1) is 16.8. The van der Waals surface area contributed by atoms with Gasteiger partial charge in [0.2, 0.25) is 0 Å². The molecule has 0 amide bonds. The van der Waals surface area contributed by atoms with Crippen LogP contribution in [-0.2, 0) is 6.54 Å². The van der Waals surface area contributed by atoms with Crippen LogP contribution in [-0.4, -0.2) is 33.5 Å². The quantitative estimate of drug-likeness (QED) is 0.703. The lowest BCUT2D eigenvalue weighted by molar-refractivity contribution is 0.0701. The van der Waals surface area contributed by atoms with E-state index in [-0.39, 0.29) is 22.6 Å². The Morgan fingerprint density at radius 3 is 2.80 bits per heavy atom. The van der Waals surface area contributed by atoms with Crippen LogP contribution in [0.1, 0.15) is 25.6 Å². The summed E-state index contributed by atoms with van der Waals surface area (Å²) in [5.74, 6) is -0.820. The zero-order valence-electron chi connectivity index (χ0n) is 13.5. The summed E-state index contributed by atoms with van der Waals surface area (Å²) in [6.45, 7) is 1.38. The van der Waals surface area contributed by atoms with Crippen LogP contribution in [0, 0.1) is 6.92 Å². The molecule has 0 aliphatic carbocycles. The highest BCUT2D eigenvalue weighted by molar-refractivity contribution is 7.20. The summed E-state index contributed by atoms with van der Waals surface area (Å²) >= 11 is 0.950. The fourth-order valence-electron chi connectivity index (χ4n) is 2.52. The number of aromatic carboxylic acids is 1. The highest BCUT2D eigenvalue weighted by Gasteiger charge is 2.19. The van der Waals surface area contributed by atoms with Gasteiger partial charge in [0, 0.05) is 5.56 Å². The van der Waals surface area contributed by atoms with Gasteiger partial charge in [0.05, 0.1) is 25.4 Å². The molecule has 25 heavy (non-hydrogen) atoms. The first-order valence-electron chi connectivity index (χ1n) is 7.31. The van der Waals surface area contributed by atoms with E-state index in [1.807, 2.05) is 0 Å². The van der Waals surface area contributed by atoms with E-state index in [0.717, 1.165) is 11.3 Å². The molecule has 0 radical (unpaired) electrons. The van der Waals surface area contributed by atoms with Gasteiger partial charge in [-0.2, -0.15) is 0 Å². The Morgan fingerprint density at radius 1 is 1.36 bits per heavy atom. The second-order valence-corrected chi connectivity index (χ2v) is 6.37. The normalized spacial score (nSPS) is 10.8. The molecular weight excluding hydrogens is 344 g/mol. The van der Waals surface area contributed by atoms with Gasteiger partial charge in [-0.1, -0.05) is 12.1 Å². The smallest absolute Gasteiger partial charge is 0.346 e.